The van der Waals surface area contributed by atoms with E-state index < -0.39 is 0 Å². The fraction of sp³-hybridized carbons (Fsp3) is 0.947. The zero-order chi connectivity index (χ0) is 17.4. The van der Waals surface area contributed by atoms with E-state index in [1.165, 1.54) is 38.8 Å². The molecule has 0 spiro atoms. The highest BCUT2D eigenvalue weighted by Gasteiger charge is 2.30. The Bertz CT molecular complexity index is 393. The minimum Gasteiger partial charge on any atom is -0.381 e. The van der Waals surface area contributed by atoms with Crippen LogP contribution in [0.3, 0.4) is 0 Å². The lowest BCUT2D eigenvalue weighted by atomic mass is 9.93. The maximum atomic E-state index is 5.67. The van der Waals surface area contributed by atoms with Crippen molar-refractivity contribution in [3.05, 3.63) is 0 Å². The summed E-state index contributed by atoms with van der Waals surface area (Å²) in [5.41, 5.74) is 0.152. The molecule has 2 N–H and O–H groups in total. The number of nitrogens with zero attached hydrogens (tertiary/aromatic N) is 2. The first-order valence-electron chi connectivity index (χ1n) is 9.78. The molecule has 1 atom stereocenters. The largest absolute Gasteiger partial charge is 0.381 e. The van der Waals surface area contributed by atoms with Gasteiger partial charge in [-0.3, -0.25) is 9.89 Å². The third-order valence-electron chi connectivity index (χ3n) is 5.23. The summed E-state index contributed by atoms with van der Waals surface area (Å²) in [6, 6.07) is 0. The molecule has 0 radical (unpaired) electrons. The molecule has 1 saturated carbocycles. The molecule has 2 fully saturated rings. The van der Waals surface area contributed by atoms with E-state index in [-0.39, 0.29) is 5.54 Å². The number of aliphatic imine (C=N–C) groups is 1. The van der Waals surface area contributed by atoms with Crippen LogP contribution in [0.4, 0.5) is 0 Å². The van der Waals surface area contributed by atoms with Gasteiger partial charge >= 0.3 is 0 Å². The third-order valence-corrected chi connectivity index (χ3v) is 5.23. The van der Waals surface area contributed by atoms with Crippen LogP contribution < -0.4 is 10.6 Å². The van der Waals surface area contributed by atoms with Gasteiger partial charge in [0.25, 0.3) is 0 Å². The summed E-state index contributed by atoms with van der Waals surface area (Å²) < 4.78 is 5.67. The molecule has 0 aromatic rings. The normalized spacial score (nSPS) is 23.3. The Morgan fingerprint density at radius 2 is 2.04 bits per heavy atom. The fourth-order valence-corrected chi connectivity index (χ4v) is 3.29. The molecule has 2 rings (SSSR count). The molecule has 24 heavy (non-hydrogen) atoms. The third kappa shape index (κ3) is 6.98. The lowest BCUT2D eigenvalue weighted by molar-refractivity contribution is 0.0739. The second-order valence-electron chi connectivity index (χ2n) is 8.23. The summed E-state index contributed by atoms with van der Waals surface area (Å²) in [5, 5.41) is 6.90. The zero-order valence-electron chi connectivity index (χ0n) is 16.2. The van der Waals surface area contributed by atoms with Gasteiger partial charge in [0.15, 0.2) is 5.96 Å². The van der Waals surface area contributed by atoms with Crippen molar-refractivity contribution >= 4 is 5.96 Å². The summed E-state index contributed by atoms with van der Waals surface area (Å²) in [5.74, 6) is 2.56. The zero-order valence-corrected chi connectivity index (χ0v) is 16.2. The second kappa shape index (κ2) is 9.62. The molecule has 0 amide bonds. The number of hydrogen-bond donors (Lipinski definition) is 2. The standard InChI is InChI=1S/C19H38N4O/c1-16-7-5-11-23(13-16)19(2,3)15-22-18(20-4)21-10-6-12-24-14-17-8-9-17/h16-17H,5-15H2,1-4H3,(H2,20,21,22). The summed E-state index contributed by atoms with van der Waals surface area (Å²) in [4.78, 5) is 6.96. The lowest BCUT2D eigenvalue weighted by Crippen LogP contribution is -2.56. The molecule has 140 valence electrons. The number of likely N-dealkylation sites (tertiary alicyclic amines) is 1. The van der Waals surface area contributed by atoms with Gasteiger partial charge in [-0.2, -0.15) is 0 Å². The van der Waals surface area contributed by atoms with Gasteiger partial charge in [-0.1, -0.05) is 6.92 Å². The molecule has 0 bridgehead atoms. The van der Waals surface area contributed by atoms with Crippen LogP contribution in [-0.4, -0.2) is 62.8 Å². The van der Waals surface area contributed by atoms with Crippen molar-refractivity contribution < 1.29 is 4.74 Å². The van der Waals surface area contributed by atoms with Gasteiger partial charge in [-0.25, -0.2) is 0 Å². The first kappa shape index (κ1) is 19.5. The smallest absolute Gasteiger partial charge is 0.191 e. The molecule has 1 aliphatic carbocycles. The highest BCUT2D eigenvalue weighted by Crippen LogP contribution is 2.28. The minimum absolute atomic E-state index is 0.152. The predicted octanol–water partition coefficient (Wildman–Crippen LogP) is 2.48. The van der Waals surface area contributed by atoms with E-state index in [1.807, 2.05) is 7.05 Å². The van der Waals surface area contributed by atoms with Crippen molar-refractivity contribution in [2.45, 2.75) is 58.4 Å². The predicted molar refractivity (Wildman–Crippen MR) is 102 cm³/mol. The highest BCUT2D eigenvalue weighted by molar-refractivity contribution is 5.79. The molecule has 0 aromatic carbocycles. The first-order chi connectivity index (χ1) is 11.5. The topological polar surface area (TPSA) is 48.9 Å². The molecule has 5 nitrogen and oxygen atoms in total. The van der Waals surface area contributed by atoms with Crippen molar-refractivity contribution in [2.75, 3.05) is 46.4 Å². The molecule has 0 aromatic heterocycles. The van der Waals surface area contributed by atoms with Gasteiger partial charge in [-0.05, 0) is 64.3 Å². The molecule has 1 heterocycles. The summed E-state index contributed by atoms with van der Waals surface area (Å²) in [6.45, 7) is 13.1. The average molecular weight is 339 g/mol. The van der Waals surface area contributed by atoms with E-state index >= 15 is 0 Å². The fourth-order valence-electron chi connectivity index (χ4n) is 3.29. The van der Waals surface area contributed by atoms with Crippen molar-refractivity contribution in [3.63, 3.8) is 0 Å². The Hall–Kier alpha value is -0.810. The van der Waals surface area contributed by atoms with Crippen LogP contribution >= 0.6 is 0 Å². The van der Waals surface area contributed by atoms with Crippen LogP contribution in [0.25, 0.3) is 0 Å². The Labute approximate surface area is 148 Å². The first-order valence-corrected chi connectivity index (χ1v) is 9.78. The van der Waals surface area contributed by atoms with Crippen molar-refractivity contribution in [3.8, 4) is 0 Å². The SMILES string of the molecule is CN=C(NCCCOCC1CC1)NCC(C)(C)N1CCCC(C)C1. The molecule has 1 saturated heterocycles. The van der Waals surface area contributed by atoms with Gasteiger partial charge in [0.2, 0.25) is 0 Å². The van der Waals surface area contributed by atoms with E-state index in [2.05, 4.69) is 41.3 Å². The van der Waals surface area contributed by atoms with Crippen molar-refractivity contribution in [2.24, 2.45) is 16.8 Å². The van der Waals surface area contributed by atoms with E-state index in [0.29, 0.717) is 0 Å². The number of guanidine groups is 1. The maximum Gasteiger partial charge on any atom is 0.191 e. The van der Waals surface area contributed by atoms with E-state index in [9.17, 15) is 0 Å². The maximum absolute atomic E-state index is 5.67. The van der Waals surface area contributed by atoms with Crippen molar-refractivity contribution in [1.29, 1.82) is 0 Å². The lowest BCUT2D eigenvalue weighted by Gasteiger charge is -2.43. The summed E-state index contributed by atoms with van der Waals surface area (Å²) in [7, 11) is 1.84. The molecule has 1 unspecified atom stereocenters. The molecular formula is C19H38N4O. The molecule has 5 heteroatoms. The Morgan fingerprint density at radius 3 is 2.71 bits per heavy atom. The molecule has 1 aliphatic heterocycles. The Balaban J connectivity index is 1.60. The van der Waals surface area contributed by atoms with Gasteiger partial charge in [0.05, 0.1) is 0 Å². The summed E-state index contributed by atoms with van der Waals surface area (Å²) in [6.07, 6.45) is 6.44. The molecule has 2 aliphatic rings. The van der Waals surface area contributed by atoms with Gasteiger partial charge in [-0.15, -0.1) is 0 Å². The summed E-state index contributed by atoms with van der Waals surface area (Å²) >= 11 is 0. The number of ether oxygens (including phenoxy) is 1. The van der Waals surface area contributed by atoms with Gasteiger partial charge < -0.3 is 15.4 Å². The minimum atomic E-state index is 0.152. The number of hydrogen-bond acceptors (Lipinski definition) is 3. The second-order valence-corrected chi connectivity index (χ2v) is 8.23. The Morgan fingerprint density at radius 1 is 1.25 bits per heavy atom. The van der Waals surface area contributed by atoms with Gasteiger partial charge in [0, 0.05) is 45.4 Å². The highest BCUT2D eigenvalue weighted by atomic mass is 16.5. The van der Waals surface area contributed by atoms with Crippen LogP contribution in [0.15, 0.2) is 4.99 Å². The van der Waals surface area contributed by atoms with E-state index in [4.69, 9.17) is 4.74 Å². The average Bonchev–Trinajstić information content (AvgIpc) is 3.38. The quantitative estimate of drug-likeness (QED) is 0.385. The Kier molecular flexibility index (Phi) is 7.82. The van der Waals surface area contributed by atoms with Gasteiger partial charge in [0.1, 0.15) is 0 Å². The number of rotatable bonds is 9. The van der Waals surface area contributed by atoms with Crippen LogP contribution in [0.1, 0.15) is 52.9 Å². The van der Waals surface area contributed by atoms with Crippen LogP contribution in [0, 0.1) is 11.8 Å². The number of nitrogens with one attached hydrogen (secondary N) is 2. The van der Waals surface area contributed by atoms with Crippen LogP contribution in [0.2, 0.25) is 0 Å². The van der Waals surface area contributed by atoms with E-state index in [0.717, 1.165) is 50.5 Å². The van der Waals surface area contributed by atoms with Crippen molar-refractivity contribution in [1.82, 2.24) is 15.5 Å². The monoisotopic (exact) mass is 338 g/mol. The van der Waals surface area contributed by atoms with E-state index in [1.54, 1.807) is 0 Å². The molecular weight excluding hydrogens is 300 g/mol. The van der Waals surface area contributed by atoms with Crippen LogP contribution in [-0.2, 0) is 4.74 Å². The van der Waals surface area contributed by atoms with Crippen LogP contribution in [0.5, 0.6) is 0 Å². The number of piperidine rings is 1.